The number of phenols is 3. The van der Waals surface area contributed by atoms with Crippen LogP contribution in [0.2, 0.25) is 0 Å². The topological polar surface area (TPSA) is 148 Å². The van der Waals surface area contributed by atoms with Crippen molar-refractivity contribution in [3.8, 4) is 17.2 Å². The molecule has 0 bridgehead atoms. The van der Waals surface area contributed by atoms with Gasteiger partial charge in [0.1, 0.15) is 6.04 Å². The van der Waals surface area contributed by atoms with Gasteiger partial charge in [0.15, 0.2) is 11.5 Å². The maximum Gasteiger partial charge on any atom is 0.253 e. The maximum absolute atomic E-state index is 11.2. The average Bonchev–Trinajstić information content (AvgIpc) is 2.37. The fourth-order valence-electron chi connectivity index (χ4n) is 1.16. The number of nitrogens with two attached hydrogens (primary N) is 1. The molecule has 0 aliphatic rings. The van der Waals surface area contributed by atoms with Crippen molar-refractivity contribution in [3.05, 3.63) is 17.7 Å². The fourth-order valence-corrected chi connectivity index (χ4v) is 1.16. The lowest BCUT2D eigenvalue weighted by molar-refractivity contribution is -0.124. The van der Waals surface area contributed by atoms with Crippen LogP contribution in [0.1, 0.15) is 14.1 Å². The van der Waals surface area contributed by atoms with E-state index in [9.17, 15) is 15.0 Å². The average molecular weight is 306 g/mol. The molecule has 0 saturated carbocycles. The van der Waals surface area contributed by atoms with E-state index in [4.69, 9.17) is 15.9 Å². The second-order valence-electron chi connectivity index (χ2n) is 3.57. The van der Waals surface area contributed by atoms with Crippen LogP contribution in [0.5, 0.6) is 17.2 Å². The first-order valence-electron chi connectivity index (χ1n) is 5.09. The summed E-state index contributed by atoms with van der Waals surface area (Å²) in [7, 11) is 0. The van der Waals surface area contributed by atoms with Crippen LogP contribution in [0.4, 0.5) is 0 Å². The number of hydrogen-bond donors (Lipinski definition) is 7. The van der Waals surface area contributed by atoms with Crippen LogP contribution in [0.15, 0.2) is 12.1 Å². The van der Waals surface area contributed by atoms with Gasteiger partial charge in [-0.15, -0.1) is 12.4 Å². The van der Waals surface area contributed by atoms with Crippen LogP contribution >= 0.6 is 12.4 Å². The molecule has 0 saturated heterocycles. The minimum absolute atomic E-state index is 0. The van der Waals surface area contributed by atoms with Crippen LogP contribution in [0.3, 0.4) is 0 Å². The molecule has 8 nitrogen and oxygen atoms in total. The maximum atomic E-state index is 11.2. The smallest absolute Gasteiger partial charge is 0.253 e. The molecule has 9 heteroatoms. The van der Waals surface area contributed by atoms with Gasteiger partial charge in [-0.3, -0.25) is 10.2 Å². The van der Waals surface area contributed by atoms with Crippen molar-refractivity contribution in [1.82, 2.24) is 10.9 Å². The first-order chi connectivity index (χ1) is 8.47. The number of halogens is 1. The zero-order valence-corrected chi connectivity index (χ0v) is 10.6. The van der Waals surface area contributed by atoms with Crippen LogP contribution in [-0.2, 0) is 11.3 Å². The second kappa shape index (κ2) is 7.64. The zero-order chi connectivity index (χ0) is 13.7. The number of carbonyl (C=O) groups is 1. The molecule has 1 amide bonds. The van der Waals surface area contributed by atoms with Gasteiger partial charge in [0.2, 0.25) is 5.75 Å². The Morgan fingerprint density at radius 1 is 1.32 bits per heavy atom. The number of aromatic hydroxyl groups is 3. The number of hydrazine groups is 1. The summed E-state index contributed by atoms with van der Waals surface area (Å²) in [5.41, 5.74) is 10.2. The Morgan fingerprint density at radius 3 is 2.53 bits per heavy atom. The third-order valence-electron chi connectivity index (χ3n) is 2.24. The molecule has 0 spiro atoms. The number of benzene rings is 1. The highest BCUT2D eigenvalue weighted by Gasteiger charge is 2.13. The molecule has 8 N–H and O–H groups in total. The Balaban J connectivity index is -0.0000000926. The van der Waals surface area contributed by atoms with Gasteiger partial charge in [0, 0.05) is 20.7 Å². The highest BCUT2D eigenvalue weighted by molar-refractivity contribution is 5.85. The predicted octanol–water partition coefficient (Wildman–Crippen LogP) is 0.142. The first kappa shape index (κ1) is 17.3. The second-order valence-corrected chi connectivity index (χ2v) is 3.57. The standard InChI is InChI=1S/C10H15N3O5.ClH.6H2/c11-6(4-14)10(18)13-12-3-5-1-2-7(15)9(17)8(5)16;;;;;;;/h1-2,6,12,14-17H,3-4,11H2,(H,13,18);7*1H. The summed E-state index contributed by atoms with van der Waals surface area (Å²) in [6.45, 7) is -0.484. The van der Waals surface area contributed by atoms with Gasteiger partial charge in [0.05, 0.1) is 6.61 Å². The van der Waals surface area contributed by atoms with Gasteiger partial charge in [0.25, 0.3) is 5.91 Å². The molecule has 0 heterocycles. The molecule has 19 heavy (non-hydrogen) atoms. The third-order valence-corrected chi connectivity index (χ3v) is 2.24. The number of aliphatic hydroxyl groups excluding tert-OH is 1. The minimum Gasteiger partial charge on any atom is -0.504 e. The van der Waals surface area contributed by atoms with Gasteiger partial charge in [-0.05, 0) is 6.07 Å². The summed E-state index contributed by atoms with van der Waals surface area (Å²) < 4.78 is 0. The summed E-state index contributed by atoms with van der Waals surface area (Å²) in [5, 5.41) is 36.4. The molecule has 0 aliphatic heterocycles. The molecule has 1 aromatic carbocycles. The van der Waals surface area contributed by atoms with E-state index in [1.807, 2.05) is 0 Å². The monoisotopic (exact) mass is 305 g/mol. The van der Waals surface area contributed by atoms with Crippen LogP contribution in [-0.4, -0.2) is 39.0 Å². The number of amides is 1. The van der Waals surface area contributed by atoms with E-state index in [-0.39, 0.29) is 33.1 Å². The molecule has 1 atom stereocenters. The van der Waals surface area contributed by atoms with Crippen molar-refractivity contribution >= 4 is 18.3 Å². The van der Waals surface area contributed by atoms with E-state index in [1.54, 1.807) is 0 Å². The quantitative estimate of drug-likeness (QED) is 0.302. The minimum atomic E-state index is -1.04. The zero-order valence-electron chi connectivity index (χ0n) is 9.83. The van der Waals surface area contributed by atoms with Crippen LogP contribution < -0.4 is 16.6 Å². The van der Waals surface area contributed by atoms with Gasteiger partial charge in [-0.2, -0.15) is 0 Å². The van der Waals surface area contributed by atoms with Crippen LogP contribution in [0, 0.1) is 0 Å². The molecular formula is C10H28ClN3O5. The van der Waals surface area contributed by atoms with Gasteiger partial charge in [-0.1, -0.05) is 6.07 Å². The highest BCUT2D eigenvalue weighted by atomic mass is 35.5. The largest absolute Gasteiger partial charge is 0.504 e. The summed E-state index contributed by atoms with van der Waals surface area (Å²) in [5.74, 6) is -2.17. The summed E-state index contributed by atoms with van der Waals surface area (Å²) >= 11 is 0. The lowest BCUT2D eigenvalue weighted by atomic mass is 10.2. The van der Waals surface area contributed by atoms with Crippen molar-refractivity contribution in [2.45, 2.75) is 12.6 Å². The van der Waals surface area contributed by atoms with Crippen molar-refractivity contribution in [1.29, 1.82) is 0 Å². The van der Waals surface area contributed by atoms with Gasteiger partial charge >= 0.3 is 0 Å². The highest BCUT2D eigenvalue weighted by Crippen LogP contribution is 2.36. The first-order valence-corrected chi connectivity index (χ1v) is 5.09. The Kier molecular flexibility index (Phi) is 6.94. The van der Waals surface area contributed by atoms with Crippen molar-refractivity contribution in [3.63, 3.8) is 0 Å². The molecule has 1 rings (SSSR count). The Bertz CT molecular complexity index is 463. The van der Waals surface area contributed by atoms with E-state index in [2.05, 4.69) is 10.9 Å². The van der Waals surface area contributed by atoms with Crippen molar-refractivity contribution in [2.24, 2.45) is 5.73 Å². The lowest BCUT2D eigenvalue weighted by Gasteiger charge is -2.12. The predicted molar refractivity (Wildman–Crippen MR) is 81.4 cm³/mol. The molecular weight excluding hydrogens is 278 g/mol. The molecule has 0 aliphatic carbocycles. The van der Waals surface area contributed by atoms with E-state index in [0.29, 0.717) is 0 Å². The SMILES string of the molecule is Cl.NC(CO)C(=O)NNCc1ccc(O)c(O)c1O.[HH].[HH].[HH].[HH].[HH].[HH]. The van der Waals surface area contributed by atoms with Crippen LogP contribution in [0.25, 0.3) is 0 Å². The number of rotatable bonds is 5. The molecule has 1 unspecified atom stereocenters. The third kappa shape index (κ3) is 4.45. The summed E-state index contributed by atoms with van der Waals surface area (Å²) in [6, 6.07) is 1.53. The molecule has 0 aromatic heterocycles. The fraction of sp³-hybridized carbons (Fsp3) is 0.300. The Labute approximate surface area is 124 Å². The van der Waals surface area contributed by atoms with E-state index in [0.717, 1.165) is 0 Å². The number of carbonyl (C=O) groups excluding carboxylic acids is 1. The van der Waals surface area contributed by atoms with E-state index >= 15 is 0 Å². The van der Waals surface area contributed by atoms with Gasteiger partial charge < -0.3 is 26.2 Å². The van der Waals surface area contributed by atoms with E-state index < -0.39 is 35.8 Å². The molecule has 0 fully saturated rings. The van der Waals surface area contributed by atoms with Crippen molar-refractivity contribution < 1.29 is 33.8 Å². The summed E-state index contributed by atoms with van der Waals surface area (Å²) in [6.07, 6.45) is 0. The lowest BCUT2D eigenvalue weighted by Crippen LogP contribution is -2.48. The van der Waals surface area contributed by atoms with Crippen molar-refractivity contribution in [2.75, 3.05) is 6.61 Å². The Morgan fingerprint density at radius 2 is 1.95 bits per heavy atom. The number of aliphatic hydroxyl groups is 1. The molecule has 0 radical (unpaired) electrons. The normalized spacial score (nSPS) is 11.5. The van der Waals surface area contributed by atoms with E-state index in [1.165, 1.54) is 12.1 Å². The Hall–Kier alpha value is -1.74. The number of hydrogen-bond acceptors (Lipinski definition) is 7. The molecule has 120 valence electrons. The summed E-state index contributed by atoms with van der Waals surface area (Å²) in [4.78, 5) is 11.2. The number of phenolic OH excluding ortho intramolecular Hbond substituents is 3. The number of nitrogens with one attached hydrogen (secondary N) is 2. The van der Waals surface area contributed by atoms with Gasteiger partial charge in [-0.25, -0.2) is 5.43 Å². The molecule has 1 aromatic rings.